The molecule has 21 heavy (non-hydrogen) atoms. The number of rotatable bonds is 8. The van der Waals surface area contributed by atoms with Gasteiger partial charge in [0.1, 0.15) is 0 Å². The number of nitrogens with zero attached hydrogens (tertiary/aromatic N) is 3. The van der Waals surface area contributed by atoms with Crippen LogP contribution in [-0.2, 0) is 6.42 Å². The number of likely N-dealkylation sites (N-methyl/N-ethyl adjacent to an activating group) is 1. The SMILES string of the molecule is CCNC(CCN(C)C)Cc1ccn(C2CCCCC2)n1. The first-order valence-electron chi connectivity index (χ1n) is 8.61. The van der Waals surface area contributed by atoms with E-state index in [0.717, 1.165) is 19.5 Å². The Kier molecular flexibility index (Phi) is 6.71. The molecule has 4 nitrogen and oxygen atoms in total. The van der Waals surface area contributed by atoms with Crippen LogP contribution in [0.5, 0.6) is 0 Å². The molecule has 0 saturated heterocycles. The average molecular weight is 292 g/mol. The first kappa shape index (κ1) is 16.5. The van der Waals surface area contributed by atoms with Crippen LogP contribution in [0.3, 0.4) is 0 Å². The van der Waals surface area contributed by atoms with Crippen molar-refractivity contribution >= 4 is 0 Å². The van der Waals surface area contributed by atoms with Crippen LogP contribution in [0.2, 0.25) is 0 Å². The van der Waals surface area contributed by atoms with Gasteiger partial charge in [0.15, 0.2) is 0 Å². The molecule has 4 heteroatoms. The van der Waals surface area contributed by atoms with E-state index in [2.05, 4.69) is 48.2 Å². The van der Waals surface area contributed by atoms with Crippen LogP contribution < -0.4 is 5.32 Å². The van der Waals surface area contributed by atoms with Crippen LogP contribution in [0.1, 0.15) is 57.2 Å². The van der Waals surface area contributed by atoms with E-state index in [1.807, 2.05) is 0 Å². The van der Waals surface area contributed by atoms with Gasteiger partial charge in [0.2, 0.25) is 0 Å². The first-order valence-corrected chi connectivity index (χ1v) is 8.61. The summed E-state index contributed by atoms with van der Waals surface area (Å²) in [6.45, 7) is 4.34. The van der Waals surface area contributed by atoms with Gasteiger partial charge in [0, 0.05) is 18.7 Å². The molecule has 1 heterocycles. The maximum atomic E-state index is 4.85. The van der Waals surface area contributed by atoms with Gasteiger partial charge in [0.25, 0.3) is 0 Å². The monoisotopic (exact) mass is 292 g/mol. The Labute approximate surface area is 129 Å². The predicted molar refractivity (Wildman–Crippen MR) is 88.7 cm³/mol. The summed E-state index contributed by atoms with van der Waals surface area (Å²) in [5, 5.41) is 8.45. The summed E-state index contributed by atoms with van der Waals surface area (Å²) in [5.74, 6) is 0. The van der Waals surface area contributed by atoms with E-state index in [9.17, 15) is 0 Å². The van der Waals surface area contributed by atoms with Gasteiger partial charge in [-0.25, -0.2) is 0 Å². The molecule has 2 rings (SSSR count). The summed E-state index contributed by atoms with van der Waals surface area (Å²) in [5.41, 5.74) is 1.24. The Morgan fingerprint density at radius 3 is 2.76 bits per heavy atom. The number of hydrogen-bond donors (Lipinski definition) is 1. The van der Waals surface area contributed by atoms with Crippen LogP contribution in [0, 0.1) is 0 Å². The molecule has 1 unspecified atom stereocenters. The minimum atomic E-state index is 0.534. The van der Waals surface area contributed by atoms with Crippen molar-refractivity contribution in [2.24, 2.45) is 0 Å². The summed E-state index contributed by atoms with van der Waals surface area (Å²) in [7, 11) is 4.28. The van der Waals surface area contributed by atoms with E-state index in [0.29, 0.717) is 12.1 Å². The summed E-state index contributed by atoms with van der Waals surface area (Å²) in [6.07, 6.45) is 11.2. The first-order chi connectivity index (χ1) is 10.2. The van der Waals surface area contributed by atoms with Crippen molar-refractivity contribution in [2.45, 2.75) is 64.0 Å². The molecule has 0 radical (unpaired) electrons. The predicted octanol–water partition coefficient (Wildman–Crippen LogP) is 2.86. The number of nitrogens with one attached hydrogen (secondary N) is 1. The van der Waals surface area contributed by atoms with E-state index in [1.165, 1.54) is 44.2 Å². The Morgan fingerprint density at radius 1 is 1.33 bits per heavy atom. The fourth-order valence-corrected chi connectivity index (χ4v) is 3.27. The van der Waals surface area contributed by atoms with E-state index in [1.54, 1.807) is 0 Å². The summed E-state index contributed by atoms with van der Waals surface area (Å²) >= 11 is 0. The largest absolute Gasteiger partial charge is 0.314 e. The quantitative estimate of drug-likeness (QED) is 0.800. The molecule has 1 aromatic heterocycles. The highest BCUT2D eigenvalue weighted by molar-refractivity contribution is 5.02. The molecule has 1 aliphatic carbocycles. The van der Waals surface area contributed by atoms with Crippen molar-refractivity contribution in [3.05, 3.63) is 18.0 Å². The highest BCUT2D eigenvalue weighted by Crippen LogP contribution is 2.27. The van der Waals surface area contributed by atoms with Gasteiger partial charge in [-0.15, -0.1) is 0 Å². The zero-order valence-electron chi connectivity index (χ0n) is 14.0. The maximum absolute atomic E-state index is 4.85. The van der Waals surface area contributed by atoms with Gasteiger partial charge in [0.05, 0.1) is 11.7 Å². The zero-order valence-corrected chi connectivity index (χ0v) is 14.0. The topological polar surface area (TPSA) is 33.1 Å². The molecule has 0 aromatic carbocycles. The van der Waals surface area contributed by atoms with Gasteiger partial charge in [-0.2, -0.15) is 5.10 Å². The van der Waals surface area contributed by atoms with Crippen molar-refractivity contribution in [1.29, 1.82) is 0 Å². The molecule has 0 spiro atoms. The molecule has 0 amide bonds. The van der Waals surface area contributed by atoms with Crippen LogP contribution in [0.4, 0.5) is 0 Å². The Balaban J connectivity index is 1.89. The molecule has 0 aliphatic heterocycles. The minimum Gasteiger partial charge on any atom is -0.314 e. The smallest absolute Gasteiger partial charge is 0.0640 e. The second kappa shape index (κ2) is 8.54. The van der Waals surface area contributed by atoms with Gasteiger partial charge in [-0.3, -0.25) is 4.68 Å². The highest BCUT2D eigenvalue weighted by atomic mass is 15.3. The third kappa shape index (κ3) is 5.44. The second-order valence-corrected chi connectivity index (χ2v) is 6.63. The fraction of sp³-hybridized carbons (Fsp3) is 0.824. The van der Waals surface area contributed by atoms with Gasteiger partial charge < -0.3 is 10.2 Å². The summed E-state index contributed by atoms with van der Waals surface area (Å²) in [6, 6.07) is 3.40. The normalized spacial score (nSPS) is 18.3. The third-order valence-electron chi connectivity index (χ3n) is 4.49. The van der Waals surface area contributed by atoms with Gasteiger partial charge >= 0.3 is 0 Å². The lowest BCUT2D eigenvalue weighted by molar-refractivity contribution is 0.326. The molecule has 1 N–H and O–H groups in total. The molecule has 1 fully saturated rings. The summed E-state index contributed by atoms with van der Waals surface area (Å²) in [4.78, 5) is 2.25. The van der Waals surface area contributed by atoms with Crippen LogP contribution in [0.15, 0.2) is 12.3 Å². The molecule has 120 valence electrons. The third-order valence-corrected chi connectivity index (χ3v) is 4.49. The van der Waals surface area contributed by atoms with Crippen molar-refractivity contribution < 1.29 is 0 Å². The van der Waals surface area contributed by atoms with Crippen molar-refractivity contribution in [3.8, 4) is 0 Å². The lowest BCUT2D eigenvalue weighted by Crippen LogP contribution is -2.34. The Bertz CT molecular complexity index is 393. The lowest BCUT2D eigenvalue weighted by atomic mass is 9.96. The molecule has 1 saturated carbocycles. The maximum Gasteiger partial charge on any atom is 0.0640 e. The number of hydrogen-bond acceptors (Lipinski definition) is 3. The van der Waals surface area contributed by atoms with Crippen molar-refractivity contribution in [3.63, 3.8) is 0 Å². The van der Waals surface area contributed by atoms with E-state index < -0.39 is 0 Å². The van der Waals surface area contributed by atoms with Crippen LogP contribution in [0.25, 0.3) is 0 Å². The van der Waals surface area contributed by atoms with E-state index in [-0.39, 0.29) is 0 Å². The minimum absolute atomic E-state index is 0.534. The molecule has 1 aliphatic rings. The summed E-state index contributed by atoms with van der Waals surface area (Å²) < 4.78 is 2.23. The lowest BCUT2D eigenvalue weighted by Gasteiger charge is -2.22. The van der Waals surface area contributed by atoms with Crippen molar-refractivity contribution in [1.82, 2.24) is 20.0 Å². The zero-order chi connectivity index (χ0) is 15.1. The number of aromatic nitrogens is 2. The molecular weight excluding hydrogens is 260 g/mol. The Hall–Kier alpha value is -0.870. The van der Waals surface area contributed by atoms with E-state index >= 15 is 0 Å². The average Bonchev–Trinajstić information content (AvgIpc) is 2.94. The van der Waals surface area contributed by atoms with E-state index in [4.69, 9.17) is 5.10 Å². The highest BCUT2D eigenvalue weighted by Gasteiger charge is 2.17. The molecule has 0 bridgehead atoms. The van der Waals surface area contributed by atoms with Crippen LogP contribution in [-0.4, -0.2) is 47.9 Å². The van der Waals surface area contributed by atoms with Gasteiger partial charge in [-0.1, -0.05) is 26.2 Å². The van der Waals surface area contributed by atoms with Crippen LogP contribution >= 0.6 is 0 Å². The second-order valence-electron chi connectivity index (χ2n) is 6.63. The Morgan fingerprint density at radius 2 is 2.10 bits per heavy atom. The van der Waals surface area contributed by atoms with Crippen molar-refractivity contribution in [2.75, 3.05) is 27.2 Å². The molecule has 1 atom stereocenters. The van der Waals surface area contributed by atoms with Gasteiger partial charge in [-0.05, 0) is 52.5 Å². The fourth-order valence-electron chi connectivity index (χ4n) is 3.27. The molecular formula is C17H32N4. The standard InChI is InChI=1S/C17H32N4/c1-4-18-15(10-12-20(2)3)14-16-11-13-21(19-16)17-8-6-5-7-9-17/h11,13,15,17-18H,4-10,12,14H2,1-3H3. The molecule has 1 aromatic rings.